The van der Waals surface area contributed by atoms with Crippen molar-refractivity contribution in [2.24, 2.45) is 0 Å². The van der Waals surface area contributed by atoms with Gasteiger partial charge in [-0.15, -0.1) is 0 Å². The van der Waals surface area contributed by atoms with Crippen molar-refractivity contribution >= 4 is 67.0 Å². The van der Waals surface area contributed by atoms with Gasteiger partial charge in [0.2, 0.25) is 0 Å². The van der Waals surface area contributed by atoms with E-state index < -0.39 is 0 Å². The zero-order valence-electron chi connectivity index (χ0n) is 18.0. The van der Waals surface area contributed by atoms with Crippen LogP contribution in [-0.2, 0) is 0 Å². The number of halogens is 1. The molecule has 7 aromatic rings. The summed E-state index contributed by atoms with van der Waals surface area (Å²) in [6.45, 7) is 0. The Bertz CT molecular complexity index is 1960. The second-order valence-corrected chi connectivity index (χ2v) is 10.2. The summed E-state index contributed by atoms with van der Waals surface area (Å²) >= 11 is 8.49. The molecule has 0 spiro atoms. The summed E-state index contributed by atoms with van der Waals surface area (Å²) in [5, 5.41) is 6.85. The predicted octanol–water partition coefficient (Wildman–Crippen LogP) is 9.00. The minimum atomic E-state index is 0.776. The van der Waals surface area contributed by atoms with E-state index in [4.69, 9.17) is 11.6 Å². The first-order valence-electron chi connectivity index (χ1n) is 11.3. The molecule has 0 saturated carbocycles. The maximum Gasteiger partial charge on any atom is 0.131 e. The van der Waals surface area contributed by atoms with Crippen LogP contribution in [0.15, 0.2) is 113 Å². The largest absolute Gasteiger partial charge is 0.294 e. The summed E-state index contributed by atoms with van der Waals surface area (Å²) in [4.78, 5) is 2.57. The number of hydrogen-bond acceptors (Lipinski definition) is 1. The van der Waals surface area contributed by atoms with Crippen molar-refractivity contribution in [1.82, 2.24) is 9.13 Å². The second kappa shape index (κ2) is 6.69. The van der Waals surface area contributed by atoms with E-state index in [0.29, 0.717) is 0 Å². The van der Waals surface area contributed by atoms with Gasteiger partial charge in [-0.05, 0) is 36.4 Å². The van der Waals surface area contributed by atoms with Gasteiger partial charge in [0.05, 0.1) is 22.4 Å². The molecule has 1 aliphatic heterocycles. The monoisotopic (exact) mass is 472 g/mol. The Kier molecular flexibility index (Phi) is 3.69. The average Bonchev–Trinajstić information content (AvgIpc) is 3.40. The van der Waals surface area contributed by atoms with Gasteiger partial charge >= 0.3 is 0 Å². The fourth-order valence-corrected chi connectivity index (χ4v) is 6.93. The van der Waals surface area contributed by atoms with Crippen LogP contribution < -0.4 is 0 Å². The average molecular weight is 473 g/mol. The molecule has 1 aliphatic rings. The fraction of sp³-hybridized carbons (Fsp3) is 0. The Hall–Kier alpha value is -3.66. The number of fused-ring (bicyclic) bond motifs is 8. The van der Waals surface area contributed by atoms with E-state index in [9.17, 15) is 0 Å². The zero-order chi connectivity index (χ0) is 22.4. The van der Waals surface area contributed by atoms with Crippen LogP contribution in [0.25, 0.3) is 55.0 Å². The van der Waals surface area contributed by atoms with Crippen LogP contribution in [0, 0.1) is 0 Å². The number of nitrogens with zero attached hydrogens (tertiary/aromatic N) is 2. The van der Waals surface area contributed by atoms with Crippen LogP contribution in [0.3, 0.4) is 0 Å². The first-order chi connectivity index (χ1) is 16.8. The first-order valence-corrected chi connectivity index (χ1v) is 12.5. The summed E-state index contributed by atoms with van der Waals surface area (Å²) in [5.74, 6) is 0. The first kappa shape index (κ1) is 18.7. The highest BCUT2D eigenvalue weighted by molar-refractivity contribution is 7.99. The Morgan fingerprint density at radius 2 is 1.24 bits per heavy atom. The number of aromatic nitrogens is 2. The van der Waals surface area contributed by atoms with Crippen molar-refractivity contribution in [2.75, 3.05) is 0 Å². The van der Waals surface area contributed by atoms with E-state index in [0.717, 1.165) is 21.5 Å². The maximum atomic E-state index is 6.63. The molecule has 0 saturated heterocycles. The van der Waals surface area contributed by atoms with Crippen LogP contribution in [0.2, 0.25) is 5.02 Å². The van der Waals surface area contributed by atoms with Crippen molar-refractivity contribution in [3.05, 3.63) is 108 Å². The standard InChI is InChI=1S/C30H17ClN2S/c31-22-16-17-24(19-9-2-1-8-18(19)22)32-23-12-4-3-10-20(23)28-21-11-7-15-27-29(21)33(30(28)32)25-13-5-6-14-26(25)34-27/h1-17H. The Morgan fingerprint density at radius 3 is 2.15 bits per heavy atom. The number of benzene rings is 5. The van der Waals surface area contributed by atoms with Crippen LogP contribution in [0.5, 0.6) is 0 Å². The lowest BCUT2D eigenvalue weighted by Crippen LogP contribution is -2.05. The highest BCUT2D eigenvalue weighted by Crippen LogP contribution is 2.49. The lowest BCUT2D eigenvalue weighted by Gasteiger charge is -2.21. The van der Waals surface area contributed by atoms with E-state index >= 15 is 0 Å². The van der Waals surface area contributed by atoms with E-state index in [1.54, 1.807) is 0 Å². The van der Waals surface area contributed by atoms with Gasteiger partial charge in [-0.1, -0.05) is 90.1 Å². The fourth-order valence-electron chi connectivity index (χ4n) is 5.61. The normalized spacial score (nSPS) is 12.7. The molecule has 0 amide bonds. The highest BCUT2D eigenvalue weighted by Gasteiger charge is 2.27. The van der Waals surface area contributed by atoms with E-state index in [-0.39, 0.29) is 0 Å². The van der Waals surface area contributed by atoms with Crippen LogP contribution in [-0.4, -0.2) is 9.13 Å². The predicted molar refractivity (Wildman–Crippen MR) is 144 cm³/mol. The molecular formula is C30H17ClN2S. The third kappa shape index (κ3) is 2.28. The minimum absolute atomic E-state index is 0.776. The topological polar surface area (TPSA) is 9.86 Å². The van der Waals surface area contributed by atoms with Crippen LogP contribution >= 0.6 is 23.4 Å². The summed E-state index contributed by atoms with van der Waals surface area (Å²) in [5.41, 5.74) is 6.06. The van der Waals surface area contributed by atoms with Gasteiger partial charge in [0, 0.05) is 41.7 Å². The zero-order valence-corrected chi connectivity index (χ0v) is 19.6. The van der Waals surface area contributed by atoms with Crippen molar-refractivity contribution in [2.45, 2.75) is 9.79 Å². The molecule has 4 heteroatoms. The van der Waals surface area contributed by atoms with Gasteiger partial charge in [0.1, 0.15) is 5.65 Å². The molecule has 2 aromatic heterocycles. The second-order valence-electron chi connectivity index (χ2n) is 8.72. The summed E-state index contributed by atoms with van der Waals surface area (Å²) in [6, 6.07) is 36.8. The van der Waals surface area contributed by atoms with Crippen molar-refractivity contribution in [1.29, 1.82) is 0 Å². The molecule has 2 nitrogen and oxygen atoms in total. The molecule has 0 fully saturated rings. The molecule has 8 rings (SSSR count). The Morgan fingerprint density at radius 1 is 0.529 bits per heavy atom. The third-order valence-electron chi connectivity index (χ3n) is 6.97. The molecule has 0 atom stereocenters. The molecule has 0 unspecified atom stereocenters. The van der Waals surface area contributed by atoms with Gasteiger partial charge in [-0.25, -0.2) is 0 Å². The van der Waals surface area contributed by atoms with Gasteiger partial charge in [-0.3, -0.25) is 9.13 Å². The molecule has 3 heterocycles. The van der Waals surface area contributed by atoms with Gasteiger partial charge in [-0.2, -0.15) is 0 Å². The Labute approximate surface area is 205 Å². The van der Waals surface area contributed by atoms with Crippen molar-refractivity contribution in [3.8, 4) is 11.4 Å². The third-order valence-corrected chi connectivity index (χ3v) is 8.41. The number of hydrogen-bond donors (Lipinski definition) is 0. The molecule has 34 heavy (non-hydrogen) atoms. The van der Waals surface area contributed by atoms with E-state index in [1.807, 2.05) is 17.8 Å². The summed E-state index contributed by atoms with van der Waals surface area (Å²) in [7, 11) is 0. The van der Waals surface area contributed by atoms with Gasteiger partial charge in [0.15, 0.2) is 0 Å². The Balaban J connectivity index is 1.68. The van der Waals surface area contributed by atoms with Crippen molar-refractivity contribution in [3.63, 3.8) is 0 Å². The molecule has 0 aliphatic carbocycles. The lowest BCUT2D eigenvalue weighted by atomic mass is 10.1. The quantitative estimate of drug-likeness (QED) is 0.231. The van der Waals surface area contributed by atoms with E-state index in [1.165, 1.54) is 48.3 Å². The van der Waals surface area contributed by atoms with Crippen molar-refractivity contribution < 1.29 is 0 Å². The number of para-hydroxylation sites is 3. The van der Waals surface area contributed by atoms with Crippen LogP contribution in [0.4, 0.5) is 0 Å². The molecule has 5 aromatic carbocycles. The maximum absolute atomic E-state index is 6.63. The molecule has 0 N–H and O–H groups in total. The summed E-state index contributed by atoms with van der Waals surface area (Å²) in [6.07, 6.45) is 0. The van der Waals surface area contributed by atoms with Crippen LogP contribution in [0.1, 0.15) is 0 Å². The highest BCUT2D eigenvalue weighted by atomic mass is 35.5. The smallest absolute Gasteiger partial charge is 0.131 e. The molecular weight excluding hydrogens is 456 g/mol. The minimum Gasteiger partial charge on any atom is -0.294 e. The molecule has 0 bridgehead atoms. The lowest BCUT2D eigenvalue weighted by molar-refractivity contribution is 1.03. The van der Waals surface area contributed by atoms with Gasteiger partial charge in [0.25, 0.3) is 0 Å². The van der Waals surface area contributed by atoms with Gasteiger partial charge < -0.3 is 0 Å². The number of rotatable bonds is 1. The van der Waals surface area contributed by atoms with E-state index in [2.05, 4.69) is 106 Å². The molecule has 0 radical (unpaired) electrons. The molecule has 160 valence electrons. The SMILES string of the molecule is Clc1ccc(-n2c3ccccc3c3c4cccc5c4n(c32)-c2ccccc2S5)c2ccccc12. The summed E-state index contributed by atoms with van der Waals surface area (Å²) < 4.78 is 4.90.